The minimum atomic E-state index is -0.833. The van der Waals surface area contributed by atoms with Crippen LogP contribution in [-0.2, 0) is 4.79 Å². The minimum absolute atomic E-state index is 0. The van der Waals surface area contributed by atoms with Gasteiger partial charge < -0.3 is 21.5 Å². The molecule has 6 heteroatoms. The quantitative estimate of drug-likeness (QED) is 0.468. The van der Waals surface area contributed by atoms with E-state index in [4.69, 9.17) is 9.90 Å². The molecule has 0 rings (SSSR count). The first-order valence-corrected chi connectivity index (χ1v) is 0.928. The summed E-state index contributed by atoms with van der Waals surface area (Å²) in [4.78, 5) is 9.00. The van der Waals surface area contributed by atoms with E-state index in [9.17, 15) is 0 Å². The van der Waals surface area contributed by atoms with Crippen LogP contribution in [0.4, 0.5) is 0 Å². The van der Waals surface area contributed by atoms with Crippen molar-refractivity contribution < 1.29 is 26.3 Å². The Labute approximate surface area is 66.8 Å². The average Bonchev–Trinajstić information content (AvgIpc) is 0.811. The summed E-state index contributed by atoms with van der Waals surface area (Å²) in [5.74, 6) is -0.833. The second-order valence-electron chi connectivity index (χ2n) is 0.519. The van der Waals surface area contributed by atoms with Gasteiger partial charge in [0.2, 0.25) is 0 Å². The summed E-state index contributed by atoms with van der Waals surface area (Å²) in [7, 11) is 0. The Kier molecular flexibility index (Phi) is 136. The molecule has 0 unspecified atom stereocenters. The zero-order valence-corrected chi connectivity index (χ0v) is 10.1. The second kappa shape index (κ2) is 26.7. The molecule has 0 spiro atoms. The third kappa shape index (κ3) is 2350. The van der Waals surface area contributed by atoms with Crippen molar-refractivity contribution in [2.24, 2.45) is 0 Å². The Bertz CT molecular complexity index is 33.4. The van der Waals surface area contributed by atoms with Crippen LogP contribution in [-0.4, -0.2) is 54.8 Å². The summed E-state index contributed by atoms with van der Waals surface area (Å²) in [6, 6.07) is 0. The first-order chi connectivity index (χ1) is 1.73. The van der Waals surface area contributed by atoms with Gasteiger partial charge in [0.25, 0.3) is 5.97 Å². The molecule has 0 heterocycles. The maximum absolute atomic E-state index is 9.00. The predicted molar refractivity (Wildman–Crippen MR) is 32.7 cm³/mol. The van der Waals surface area contributed by atoms with Gasteiger partial charge in [0.15, 0.2) is 0 Å². The van der Waals surface area contributed by atoms with Crippen molar-refractivity contribution in [3.8, 4) is 0 Å². The van der Waals surface area contributed by atoms with Crippen molar-refractivity contribution >= 4 is 33.3 Å². The van der Waals surface area contributed by atoms with E-state index in [1.54, 1.807) is 0 Å². The first kappa shape index (κ1) is 40.9. The molecular weight excluding hydrogens is 311 g/mol. The molecule has 8 heavy (non-hydrogen) atoms. The summed E-state index contributed by atoms with van der Waals surface area (Å²) in [5, 5.41) is 7.42. The molecule has 0 aliphatic rings. The van der Waals surface area contributed by atoms with Gasteiger partial charge in [0.1, 0.15) is 0 Å². The van der Waals surface area contributed by atoms with Crippen LogP contribution >= 0.6 is 0 Å². The molecule has 0 amide bonds. The van der Waals surface area contributed by atoms with Gasteiger partial charge in [-0.05, 0) is 0 Å². The second-order valence-corrected chi connectivity index (χ2v) is 0.519. The van der Waals surface area contributed by atoms with Gasteiger partial charge in [0, 0.05) is 6.92 Å². The zero-order valence-electron chi connectivity index (χ0n) is 4.56. The van der Waals surface area contributed by atoms with E-state index < -0.39 is 5.97 Å². The maximum atomic E-state index is 9.00. The van der Waals surface area contributed by atoms with Gasteiger partial charge in [-0.2, -0.15) is 0 Å². The number of carboxylic acids is 1. The molecule has 0 aliphatic carbocycles. The fraction of sp³-hybridized carbons (Fsp3) is 0.500. The molecule has 0 aromatic rings. The molecule has 0 saturated heterocycles. The van der Waals surface area contributed by atoms with E-state index >= 15 is 0 Å². The van der Waals surface area contributed by atoms with Crippen LogP contribution < -0.4 is 0 Å². The molecule has 0 aliphatic heterocycles. The van der Waals surface area contributed by atoms with Crippen LogP contribution in [0.25, 0.3) is 0 Å². The molecule has 0 aromatic carbocycles. The SMILES string of the molecule is CC(=O)O.O.O.O.[PbH2]. The van der Waals surface area contributed by atoms with Crippen LogP contribution in [0.1, 0.15) is 6.92 Å². The molecule has 7 N–H and O–H groups in total. The molecule has 0 aromatic heterocycles. The first-order valence-electron chi connectivity index (χ1n) is 0.928. The van der Waals surface area contributed by atoms with E-state index in [2.05, 4.69) is 0 Å². The van der Waals surface area contributed by atoms with Gasteiger partial charge in [-0.25, -0.2) is 0 Å². The number of aliphatic carboxylic acids is 1. The molecule has 5 nitrogen and oxygen atoms in total. The van der Waals surface area contributed by atoms with Crippen molar-refractivity contribution in [2.75, 3.05) is 0 Å². The third-order valence-electron chi connectivity index (χ3n) is 0. The summed E-state index contributed by atoms with van der Waals surface area (Å²) >= 11 is 0. The molecule has 0 saturated carbocycles. The standard InChI is InChI=1S/C2H4O2.3H2O.Pb.2H/c1-2(3)4;;;;;;/h1H3,(H,3,4);3*1H2;;;. The van der Waals surface area contributed by atoms with E-state index in [1.807, 2.05) is 0 Å². The van der Waals surface area contributed by atoms with Gasteiger partial charge in [-0.15, -0.1) is 0 Å². The fourth-order valence-electron chi connectivity index (χ4n) is 0. The van der Waals surface area contributed by atoms with Gasteiger partial charge >= 0.3 is 27.3 Å². The number of carboxylic acid groups (broad SMARTS) is 1. The van der Waals surface area contributed by atoms with Gasteiger partial charge in [0.05, 0.1) is 0 Å². The molecule has 54 valence electrons. The summed E-state index contributed by atoms with van der Waals surface area (Å²) in [6.07, 6.45) is 0. The molecular formula is C2H12O5Pb. The Morgan fingerprint density at radius 3 is 1.25 bits per heavy atom. The molecule has 2 radical (unpaired) electrons. The number of hydrogen-bond acceptors (Lipinski definition) is 1. The summed E-state index contributed by atoms with van der Waals surface area (Å²) < 4.78 is 0. The normalized spacial score (nSPS) is 3.12. The van der Waals surface area contributed by atoms with Crippen LogP contribution in [0.3, 0.4) is 0 Å². The van der Waals surface area contributed by atoms with E-state index in [-0.39, 0.29) is 43.7 Å². The van der Waals surface area contributed by atoms with Crippen LogP contribution in [0, 0.1) is 0 Å². The third-order valence-corrected chi connectivity index (χ3v) is 0. The number of rotatable bonds is 0. The Balaban J connectivity index is -0.00000000750. The zero-order chi connectivity index (χ0) is 3.58. The predicted octanol–water partition coefficient (Wildman–Crippen LogP) is -3.30. The Morgan fingerprint density at radius 1 is 1.25 bits per heavy atom. The number of hydrogen-bond donors (Lipinski definition) is 1. The monoisotopic (exact) mass is 324 g/mol. The summed E-state index contributed by atoms with van der Waals surface area (Å²) in [6.45, 7) is 1.08. The van der Waals surface area contributed by atoms with Crippen LogP contribution in [0.15, 0.2) is 0 Å². The van der Waals surface area contributed by atoms with Crippen molar-refractivity contribution in [2.45, 2.75) is 6.92 Å². The van der Waals surface area contributed by atoms with E-state index in [1.165, 1.54) is 0 Å². The Morgan fingerprint density at radius 2 is 1.25 bits per heavy atom. The molecule has 0 fully saturated rings. The van der Waals surface area contributed by atoms with Gasteiger partial charge in [-0.3, -0.25) is 4.79 Å². The van der Waals surface area contributed by atoms with Crippen molar-refractivity contribution in [1.82, 2.24) is 0 Å². The van der Waals surface area contributed by atoms with Crippen LogP contribution in [0.5, 0.6) is 0 Å². The van der Waals surface area contributed by atoms with Crippen LogP contribution in [0.2, 0.25) is 0 Å². The van der Waals surface area contributed by atoms with E-state index in [0.717, 1.165) is 6.92 Å². The average molecular weight is 323 g/mol. The van der Waals surface area contributed by atoms with E-state index in [0.29, 0.717) is 0 Å². The Hall–Kier alpha value is 0.272. The number of carbonyl (C=O) groups is 1. The topological polar surface area (TPSA) is 132 Å². The summed E-state index contributed by atoms with van der Waals surface area (Å²) in [5.41, 5.74) is 0. The van der Waals surface area contributed by atoms with Gasteiger partial charge in [-0.1, -0.05) is 0 Å². The van der Waals surface area contributed by atoms with Crippen molar-refractivity contribution in [3.05, 3.63) is 0 Å². The molecule has 0 bridgehead atoms. The van der Waals surface area contributed by atoms with Crippen molar-refractivity contribution in [3.63, 3.8) is 0 Å². The van der Waals surface area contributed by atoms with Crippen molar-refractivity contribution in [1.29, 1.82) is 0 Å². The fourth-order valence-corrected chi connectivity index (χ4v) is 0. The molecule has 0 atom stereocenters.